The Bertz CT molecular complexity index is 594. The first-order valence-electron chi connectivity index (χ1n) is 4.74. The monoisotopic (exact) mass is 332 g/mol. The minimum Gasteiger partial charge on any atom is -0.288 e. The lowest BCUT2D eigenvalue weighted by Gasteiger charge is -2.02. The van der Waals surface area contributed by atoms with E-state index in [2.05, 4.69) is 15.9 Å². The van der Waals surface area contributed by atoms with E-state index >= 15 is 0 Å². The molecular formula is C12H7BrClFOS. The summed E-state index contributed by atoms with van der Waals surface area (Å²) in [6, 6.07) is 5.65. The number of carbonyl (C=O) groups is 1. The molecule has 5 heteroatoms. The number of hydrogen-bond acceptors (Lipinski definition) is 2. The number of carbonyl (C=O) groups excluding carboxylic acids is 1. The lowest BCUT2D eigenvalue weighted by Crippen LogP contribution is -2.00. The van der Waals surface area contributed by atoms with Crippen LogP contribution >= 0.6 is 38.9 Å². The zero-order valence-corrected chi connectivity index (χ0v) is 11.9. The van der Waals surface area contributed by atoms with Gasteiger partial charge in [0.25, 0.3) is 0 Å². The van der Waals surface area contributed by atoms with Gasteiger partial charge in [-0.2, -0.15) is 0 Å². The molecule has 0 fully saturated rings. The SMILES string of the molecule is Cc1cc(Br)c(C(=O)c2ccc(F)cc2Cl)s1. The fraction of sp³-hybridized carbons (Fsp3) is 0.0833. The van der Waals surface area contributed by atoms with Gasteiger partial charge in [0.1, 0.15) is 5.82 Å². The molecule has 1 aromatic heterocycles. The maximum Gasteiger partial charge on any atom is 0.205 e. The van der Waals surface area contributed by atoms with Gasteiger partial charge >= 0.3 is 0 Å². The number of aryl methyl sites for hydroxylation is 1. The van der Waals surface area contributed by atoms with Crippen molar-refractivity contribution in [2.75, 3.05) is 0 Å². The highest BCUT2D eigenvalue weighted by Crippen LogP contribution is 2.31. The van der Waals surface area contributed by atoms with Gasteiger partial charge in [-0.25, -0.2) is 4.39 Å². The second-order valence-corrected chi connectivity index (χ2v) is 6.01. The Morgan fingerprint density at radius 3 is 2.65 bits per heavy atom. The molecule has 2 aromatic rings. The number of halogens is 3. The third-order valence-corrected chi connectivity index (χ3v) is 4.44. The zero-order chi connectivity index (χ0) is 12.6. The summed E-state index contributed by atoms with van der Waals surface area (Å²) < 4.78 is 13.6. The third kappa shape index (κ3) is 2.59. The fourth-order valence-corrected chi connectivity index (χ4v) is 3.46. The van der Waals surface area contributed by atoms with E-state index in [1.165, 1.54) is 23.5 Å². The zero-order valence-electron chi connectivity index (χ0n) is 8.76. The van der Waals surface area contributed by atoms with Gasteiger partial charge in [-0.3, -0.25) is 4.79 Å². The molecule has 17 heavy (non-hydrogen) atoms. The standard InChI is InChI=1S/C12H7BrClFOS/c1-6-4-9(13)12(17-6)11(16)8-3-2-7(15)5-10(8)14/h2-5H,1H3. The Hall–Kier alpha value is -0.710. The first-order chi connectivity index (χ1) is 7.99. The molecular weight excluding hydrogens is 327 g/mol. The quantitative estimate of drug-likeness (QED) is 0.719. The predicted octanol–water partition coefficient (Wildman–Crippen LogP) is 4.84. The van der Waals surface area contributed by atoms with Crippen molar-refractivity contribution in [2.24, 2.45) is 0 Å². The van der Waals surface area contributed by atoms with Crippen LogP contribution in [0.3, 0.4) is 0 Å². The molecule has 0 aliphatic carbocycles. The Kier molecular flexibility index (Phi) is 3.66. The number of rotatable bonds is 2. The van der Waals surface area contributed by atoms with E-state index in [1.807, 2.05) is 13.0 Å². The molecule has 0 spiro atoms. The van der Waals surface area contributed by atoms with Crippen LogP contribution in [0.1, 0.15) is 20.1 Å². The molecule has 0 saturated carbocycles. The molecule has 1 heterocycles. The van der Waals surface area contributed by atoms with Gasteiger partial charge in [0.15, 0.2) is 0 Å². The molecule has 0 bridgehead atoms. The molecule has 0 radical (unpaired) electrons. The minimum absolute atomic E-state index is 0.132. The van der Waals surface area contributed by atoms with E-state index in [4.69, 9.17) is 11.6 Å². The summed E-state index contributed by atoms with van der Waals surface area (Å²) in [5.41, 5.74) is 0.315. The normalized spacial score (nSPS) is 10.6. The van der Waals surface area contributed by atoms with E-state index in [-0.39, 0.29) is 10.8 Å². The van der Waals surface area contributed by atoms with E-state index in [9.17, 15) is 9.18 Å². The summed E-state index contributed by atoms with van der Waals surface area (Å²) in [5, 5.41) is 0.132. The maximum atomic E-state index is 12.9. The van der Waals surface area contributed by atoms with Crippen LogP contribution in [0.2, 0.25) is 5.02 Å². The molecule has 1 aromatic carbocycles. The number of ketones is 1. The maximum absolute atomic E-state index is 12.9. The van der Waals surface area contributed by atoms with Crippen molar-refractivity contribution in [1.82, 2.24) is 0 Å². The molecule has 0 aliphatic heterocycles. The van der Waals surface area contributed by atoms with Crippen LogP contribution in [0.5, 0.6) is 0 Å². The van der Waals surface area contributed by atoms with Crippen LogP contribution in [0.25, 0.3) is 0 Å². The Morgan fingerprint density at radius 1 is 1.41 bits per heavy atom. The topological polar surface area (TPSA) is 17.1 Å². The smallest absolute Gasteiger partial charge is 0.205 e. The molecule has 88 valence electrons. The highest BCUT2D eigenvalue weighted by molar-refractivity contribution is 9.10. The summed E-state index contributed by atoms with van der Waals surface area (Å²) >= 11 is 10.6. The van der Waals surface area contributed by atoms with Crippen LogP contribution in [0, 0.1) is 12.7 Å². The number of hydrogen-bond donors (Lipinski definition) is 0. The van der Waals surface area contributed by atoms with E-state index in [0.717, 1.165) is 15.4 Å². The van der Waals surface area contributed by atoms with Crippen LogP contribution < -0.4 is 0 Å². The van der Waals surface area contributed by atoms with Crippen molar-refractivity contribution < 1.29 is 9.18 Å². The number of benzene rings is 1. The summed E-state index contributed by atoms with van der Waals surface area (Å²) in [7, 11) is 0. The Balaban J connectivity index is 2.47. The molecule has 0 saturated heterocycles. The summed E-state index contributed by atoms with van der Waals surface area (Å²) in [6.07, 6.45) is 0. The highest BCUT2D eigenvalue weighted by Gasteiger charge is 2.18. The summed E-state index contributed by atoms with van der Waals surface area (Å²) in [5.74, 6) is -0.645. The number of thiophene rings is 1. The highest BCUT2D eigenvalue weighted by atomic mass is 79.9. The molecule has 2 rings (SSSR count). The predicted molar refractivity (Wildman–Crippen MR) is 71.6 cm³/mol. The lowest BCUT2D eigenvalue weighted by atomic mass is 10.1. The third-order valence-electron chi connectivity index (χ3n) is 2.19. The fourth-order valence-electron chi connectivity index (χ4n) is 1.43. The van der Waals surface area contributed by atoms with Gasteiger partial charge in [-0.1, -0.05) is 11.6 Å². The van der Waals surface area contributed by atoms with Crippen molar-refractivity contribution in [3.05, 3.63) is 54.9 Å². The van der Waals surface area contributed by atoms with Gasteiger partial charge in [0.05, 0.1) is 9.90 Å². The van der Waals surface area contributed by atoms with Crippen molar-refractivity contribution in [2.45, 2.75) is 6.92 Å². The van der Waals surface area contributed by atoms with E-state index in [0.29, 0.717) is 10.4 Å². The first-order valence-corrected chi connectivity index (χ1v) is 6.73. The molecule has 0 unspecified atom stereocenters. The average Bonchev–Trinajstić information content (AvgIpc) is 2.57. The van der Waals surface area contributed by atoms with Gasteiger partial charge in [0.2, 0.25) is 5.78 Å². The van der Waals surface area contributed by atoms with Gasteiger partial charge in [0, 0.05) is 14.9 Å². The second-order valence-electron chi connectivity index (χ2n) is 3.49. The Labute approximate surface area is 115 Å². The second kappa shape index (κ2) is 4.88. The van der Waals surface area contributed by atoms with E-state index < -0.39 is 5.82 Å². The van der Waals surface area contributed by atoms with Gasteiger partial charge in [-0.15, -0.1) is 11.3 Å². The van der Waals surface area contributed by atoms with Crippen molar-refractivity contribution in [1.29, 1.82) is 0 Å². The molecule has 0 amide bonds. The Morgan fingerprint density at radius 2 is 2.12 bits per heavy atom. The summed E-state index contributed by atoms with van der Waals surface area (Å²) in [4.78, 5) is 13.8. The van der Waals surface area contributed by atoms with Crippen LogP contribution in [-0.4, -0.2) is 5.78 Å². The van der Waals surface area contributed by atoms with E-state index in [1.54, 1.807) is 0 Å². The molecule has 0 atom stereocenters. The minimum atomic E-state index is -0.451. The van der Waals surface area contributed by atoms with Gasteiger partial charge in [-0.05, 0) is 47.1 Å². The van der Waals surface area contributed by atoms with Crippen LogP contribution in [0.15, 0.2) is 28.7 Å². The van der Waals surface area contributed by atoms with Crippen molar-refractivity contribution in [3.63, 3.8) is 0 Å². The molecule has 1 nitrogen and oxygen atoms in total. The average molecular weight is 334 g/mol. The summed E-state index contributed by atoms with van der Waals surface area (Å²) in [6.45, 7) is 1.92. The first kappa shape index (κ1) is 12.7. The van der Waals surface area contributed by atoms with Gasteiger partial charge < -0.3 is 0 Å². The molecule has 0 aliphatic rings. The van der Waals surface area contributed by atoms with Crippen molar-refractivity contribution >= 4 is 44.7 Å². The van der Waals surface area contributed by atoms with Crippen LogP contribution in [0.4, 0.5) is 4.39 Å². The van der Waals surface area contributed by atoms with Crippen LogP contribution in [-0.2, 0) is 0 Å². The van der Waals surface area contributed by atoms with Crippen molar-refractivity contribution in [3.8, 4) is 0 Å². The lowest BCUT2D eigenvalue weighted by molar-refractivity contribution is 0.104. The largest absolute Gasteiger partial charge is 0.288 e. The molecule has 0 N–H and O–H groups in total.